The number of nitrogens with one attached hydrogen (secondary N) is 1. The average Bonchev–Trinajstić information content (AvgIpc) is 2.69. The summed E-state index contributed by atoms with van der Waals surface area (Å²) in [5.41, 5.74) is 3.38. The number of aliphatic hydroxyl groups is 1. The van der Waals surface area contributed by atoms with Gasteiger partial charge in [-0.1, -0.05) is 60.7 Å². The molecule has 0 aliphatic heterocycles. The smallest absolute Gasteiger partial charge is 0.253 e. The number of carbonyl (C=O) groups is 1. The second-order valence-electron chi connectivity index (χ2n) is 5.78. The molecule has 0 bridgehead atoms. The van der Waals surface area contributed by atoms with Crippen LogP contribution in [0.5, 0.6) is 0 Å². The van der Waals surface area contributed by atoms with Crippen molar-refractivity contribution >= 4 is 5.91 Å². The highest BCUT2D eigenvalue weighted by Gasteiger charge is 2.16. The van der Waals surface area contributed by atoms with Crippen molar-refractivity contribution in [3.05, 3.63) is 90.3 Å². The molecule has 3 aromatic rings. The number of carbonyl (C=O) groups excluding carboxylic acids is 1. The van der Waals surface area contributed by atoms with Gasteiger partial charge in [0.05, 0.1) is 11.6 Å². The third-order valence-corrected chi connectivity index (χ3v) is 4.03. The molecule has 0 aliphatic carbocycles. The van der Waals surface area contributed by atoms with E-state index in [1.165, 1.54) is 0 Å². The van der Waals surface area contributed by atoms with Crippen LogP contribution in [-0.2, 0) is 0 Å². The molecule has 1 atom stereocenters. The lowest BCUT2D eigenvalue weighted by Crippen LogP contribution is -2.29. The van der Waals surface area contributed by atoms with Crippen LogP contribution in [0, 0.1) is 0 Å². The third-order valence-electron chi connectivity index (χ3n) is 4.03. The standard InChI is InChI=1S/C21H20N2O2/c24-12-11-20(17-9-5-2-6-10-17)23-21(25)19-13-18(14-22-15-19)16-7-3-1-4-8-16/h1-10,13-15,20,24H,11-12H2,(H,23,25). The van der Waals surface area contributed by atoms with E-state index in [1.54, 1.807) is 12.4 Å². The molecule has 0 radical (unpaired) electrons. The van der Waals surface area contributed by atoms with E-state index in [0.29, 0.717) is 12.0 Å². The van der Waals surface area contributed by atoms with Gasteiger partial charge in [-0.2, -0.15) is 0 Å². The first kappa shape index (κ1) is 16.9. The maximum Gasteiger partial charge on any atom is 0.253 e. The van der Waals surface area contributed by atoms with Gasteiger partial charge in [0.15, 0.2) is 0 Å². The molecule has 1 amide bonds. The highest BCUT2D eigenvalue weighted by atomic mass is 16.3. The Morgan fingerprint density at radius 2 is 1.64 bits per heavy atom. The van der Waals surface area contributed by atoms with Gasteiger partial charge in [0.1, 0.15) is 0 Å². The van der Waals surface area contributed by atoms with Gasteiger partial charge in [0.2, 0.25) is 0 Å². The van der Waals surface area contributed by atoms with Gasteiger partial charge in [-0.15, -0.1) is 0 Å². The van der Waals surface area contributed by atoms with Crippen LogP contribution in [0.1, 0.15) is 28.4 Å². The Balaban J connectivity index is 1.80. The number of nitrogens with zero attached hydrogens (tertiary/aromatic N) is 1. The summed E-state index contributed by atoms with van der Waals surface area (Å²) < 4.78 is 0. The van der Waals surface area contributed by atoms with E-state index in [-0.39, 0.29) is 18.6 Å². The molecule has 1 aromatic heterocycles. The number of pyridine rings is 1. The Morgan fingerprint density at radius 3 is 2.32 bits per heavy atom. The maximum absolute atomic E-state index is 12.7. The monoisotopic (exact) mass is 332 g/mol. The lowest BCUT2D eigenvalue weighted by atomic mass is 10.0. The fraction of sp³-hybridized carbons (Fsp3) is 0.143. The predicted molar refractivity (Wildman–Crippen MR) is 98.0 cm³/mol. The quantitative estimate of drug-likeness (QED) is 0.725. The van der Waals surface area contributed by atoms with Crippen molar-refractivity contribution in [1.82, 2.24) is 10.3 Å². The Kier molecular flexibility index (Phi) is 5.54. The number of rotatable bonds is 6. The van der Waals surface area contributed by atoms with Gasteiger partial charge in [-0.3, -0.25) is 9.78 Å². The summed E-state index contributed by atoms with van der Waals surface area (Å²) in [6.07, 6.45) is 3.76. The highest BCUT2D eigenvalue weighted by molar-refractivity contribution is 5.95. The molecule has 3 rings (SSSR count). The van der Waals surface area contributed by atoms with Gasteiger partial charge in [0.25, 0.3) is 5.91 Å². The van der Waals surface area contributed by atoms with Gasteiger partial charge in [-0.05, 0) is 23.6 Å². The fourth-order valence-electron chi connectivity index (χ4n) is 2.73. The minimum Gasteiger partial charge on any atom is -0.396 e. The van der Waals surface area contributed by atoms with Gasteiger partial charge < -0.3 is 10.4 Å². The Morgan fingerprint density at radius 1 is 0.960 bits per heavy atom. The Bertz CT molecular complexity index is 820. The Hall–Kier alpha value is -2.98. The minimum atomic E-state index is -0.237. The topological polar surface area (TPSA) is 62.2 Å². The second kappa shape index (κ2) is 8.22. The summed E-state index contributed by atoms with van der Waals surface area (Å²) in [6.45, 7) is 0.00213. The van der Waals surface area contributed by atoms with E-state index in [9.17, 15) is 9.90 Å². The lowest BCUT2D eigenvalue weighted by molar-refractivity contribution is 0.0929. The molecular weight excluding hydrogens is 312 g/mol. The van der Waals surface area contributed by atoms with Crippen molar-refractivity contribution in [3.8, 4) is 11.1 Å². The second-order valence-corrected chi connectivity index (χ2v) is 5.78. The van der Waals surface area contributed by atoms with Crippen molar-refractivity contribution in [2.24, 2.45) is 0 Å². The van der Waals surface area contributed by atoms with Crippen LogP contribution in [0.25, 0.3) is 11.1 Å². The summed E-state index contributed by atoms with van der Waals surface area (Å²) in [6, 6.07) is 21.1. The average molecular weight is 332 g/mol. The Labute approximate surface area is 147 Å². The summed E-state index contributed by atoms with van der Waals surface area (Å²) in [7, 11) is 0. The number of amides is 1. The molecule has 1 unspecified atom stereocenters. The summed E-state index contributed by atoms with van der Waals surface area (Å²) in [4.78, 5) is 16.9. The normalized spacial score (nSPS) is 11.7. The van der Waals surface area contributed by atoms with Crippen LogP contribution in [-0.4, -0.2) is 22.6 Å². The molecule has 4 nitrogen and oxygen atoms in total. The number of aliphatic hydroxyl groups excluding tert-OH is 1. The summed E-state index contributed by atoms with van der Waals surface area (Å²) in [5, 5.41) is 12.3. The SMILES string of the molecule is O=C(NC(CCO)c1ccccc1)c1cncc(-c2ccccc2)c1. The molecule has 0 aliphatic rings. The molecule has 25 heavy (non-hydrogen) atoms. The summed E-state index contributed by atoms with van der Waals surface area (Å²) >= 11 is 0. The summed E-state index contributed by atoms with van der Waals surface area (Å²) in [5.74, 6) is -0.201. The minimum absolute atomic E-state index is 0.00213. The van der Waals surface area contributed by atoms with E-state index in [0.717, 1.165) is 16.7 Å². The number of hydrogen-bond acceptors (Lipinski definition) is 3. The van der Waals surface area contributed by atoms with Crippen LogP contribution in [0.3, 0.4) is 0 Å². The fourth-order valence-corrected chi connectivity index (χ4v) is 2.73. The van der Waals surface area contributed by atoms with Gasteiger partial charge >= 0.3 is 0 Å². The van der Waals surface area contributed by atoms with Gasteiger partial charge in [0, 0.05) is 24.6 Å². The molecule has 0 saturated carbocycles. The number of hydrogen-bond donors (Lipinski definition) is 2. The van der Waals surface area contributed by atoms with E-state index < -0.39 is 0 Å². The molecule has 0 saturated heterocycles. The van der Waals surface area contributed by atoms with Crippen molar-refractivity contribution in [3.63, 3.8) is 0 Å². The first-order valence-corrected chi connectivity index (χ1v) is 8.25. The van der Waals surface area contributed by atoms with Gasteiger partial charge in [-0.25, -0.2) is 0 Å². The van der Waals surface area contributed by atoms with Crippen LogP contribution in [0.4, 0.5) is 0 Å². The first-order chi connectivity index (χ1) is 12.3. The van der Waals surface area contributed by atoms with Crippen molar-refractivity contribution in [2.75, 3.05) is 6.61 Å². The molecule has 2 N–H and O–H groups in total. The zero-order valence-corrected chi connectivity index (χ0v) is 13.8. The molecule has 4 heteroatoms. The first-order valence-electron chi connectivity index (χ1n) is 8.25. The van der Waals surface area contributed by atoms with Crippen molar-refractivity contribution < 1.29 is 9.90 Å². The van der Waals surface area contributed by atoms with Crippen molar-refractivity contribution in [1.29, 1.82) is 0 Å². The third kappa shape index (κ3) is 4.31. The zero-order chi connectivity index (χ0) is 17.5. The molecular formula is C21H20N2O2. The van der Waals surface area contributed by atoms with Crippen LogP contribution >= 0.6 is 0 Å². The molecule has 2 aromatic carbocycles. The van der Waals surface area contributed by atoms with E-state index in [4.69, 9.17) is 0 Å². The largest absolute Gasteiger partial charge is 0.396 e. The number of aromatic nitrogens is 1. The van der Waals surface area contributed by atoms with Crippen molar-refractivity contribution in [2.45, 2.75) is 12.5 Å². The molecule has 0 fully saturated rings. The number of benzene rings is 2. The molecule has 0 spiro atoms. The molecule has 1 heterocycles. The van der Waals surface area contributed by atoms with Crippen LogP contribution in [0.2, 0.25) is 0 Å². The van der Waals surface area contributed by atoms with E-state index in [2.05, 4.69) is 10.3 Å². The molecule has 126 valence electrons. The van der Waals surface area contributed by atoms with Crippen LogP contribution < -0.4 is 5.32 Å². The van der Waals surface area contributed by atoms with Crippen LogP contribution in [0.15, 0.2) is 79.1 Å². The zero-order valence-electron chi connectivity index (χ0n) is 13.8. The highest BCUT2D eigenvalue weighted by Crippen LogP contribution is 2.20. The lowest BCUT2D eigenvalue weighted by Gasteiger charge is -2.18. The van der Waals surface area contributed by atoms with E-state index >= 15 is 0 Å². The maximum atomic E-state index is 12.7. The van der Waals surface area contributed by atoms with E-state index in [1.807, 2.05) is 66.7 Å². The predicted octanol–water partition coefficient (Wildman–Crippen LogP) is 3.60.